The number of hydrogen-bond acceptors (Lipinski definition) is 1. The van der Waals surface area contributed by atoms with E-state index in [9.17, 15) is 0 Å². The first kappa shape index (κ1) is 11.0. The Hall–Kier alpha value is -0.0931. The van der Waals surface area contributed by atoms with E-state index < -0.39 is 8.07 Å². The molecule has 74 valence electrons. The molecule has 0 aromatic carbocycles. The molecule has 4 heteroatoms. The first-order valence-corrected chi connectivity index (χ1v) is 8.25. The maximum atomic E-state index is 4.06. The Labute approximate surface area is 89.3 Å². The van der Waals surface area contributed by atoms with Gasteiger partial charge in [0.15, 0.2) is 0 Å². The van der Waals surface area contributed by atoms with Crippen molar-refractivity contribution in [2.45, 2.75) is 38.9 Å². The van der Waals surface area contributed by atoms with E-state index in [1.807, 2.05) is 6.20 Å². The second kappa shape index (κ2) is 3.24. The third-order valence-corrected chi connectivity index (χ3v) is 9.44. The normalized spacial score (nSPS) is 13.4. The Bertz CT molecular complexity index is 299. The largest absolute Gasteiger partial charge is 0.286 e. The fraction of sp³-hybridized carbons (Fsp3) is 0.667. The quantitative estimate of drug-likeness (QED) is 0.774. The minimum atomic E-state index is -1.44. The van der Waals surface area contributed by atoms with Gasteiger partial charge in [0.05, 0.1) is 10.7 Å². The second-order valence-corrected chi connectivity index (χ2v) is 11.1. The molecular weight excluding hydrogens is 244 g/mol. The molecule has 0 spiro atoms. The van der Waals surface area contributed by atoms with E-state index in [1.54, 1.807) is 0 Å². The van der Waals surface area contributed by atoms with Crippen LogP contribution in [-0.2, 0) is 0 Å². The smallest absolute Gasteiger partial charge is 0.110 e. The van der Waals surface area contributed by atoms with Gasteiger partial charge in [0.2, 0.25) is 0 Å². The van der Waals surface area contributed by atoms with Crippen molar-refractivity contribution in [3.63, 3.8) is 0 Å². The minimum Gasteiger partial charge on any atom is -0.286 e. The van der Waals surface area contributed by atoms with Crippen molar-refractivity contribution in [3.8, 4) is 0 Å². The van der Waals surface area contributed by atoms with Crippen molar-refractivity contribution < 1.29 is 0 Å². The van der Waals surface area contributed by atoms with Crippen LogP contribution in [-0.4, -0.2) is 18.3 Å². The van der Waals surface area contributed by atoms with Gasteiger partial charge < -0.3 is 0 Å². The lowest BCUT2D eigenvalue weighted by Gasteiger charge is -2.35. The number of hydrogen-bond donors (Lipinski definition) is 1. The zero-order valence-corrected chi connectivity index (χ0v) is 11.5. The highest BCUT2D eigenvalue weighted by Crippen LogP contribution is 2.36. The summed E-state index contributed by atoms with van der Waals surface area (Å²) in [4.78, 5) is 0. The Morgan fingerprint density at radius 3 is 2.23 bits per heavy atom. The average molecular weight is 261 g/mol. The molecule has 1 aromatic rings. The third-order valence-electron chi connectivity index (χ3n) is 3.09. The van der Waals surface area contributed by atoms with Gasteiger partial charge >= 0.3 is 0 Å². The summed E-state index contributed by atoms with van der Waals surface area (Å²) in [6.07, 6.45) is 1.84. The Kier molecular flexibility index (Phi) is 2.74. The first-order chi connectivity index (χ1) is 5.77. The SMILES string of the molecule is CC(C)(C)[Si](C)(C)c1[nH]ncc1Br. The minimum absolute atomic E-state index is 0.349. The Morgan fingerprint density at radius 1 is 1.38 bits per heavy atom. The molecular formula is C9H17BrN2Si. The first-order valence-electron chi connectivity index (χ1n) is 4.46. The van der Waals surface area contributed by atoms with Gasteiger partial charge in [-0.05, 0) is 21.0 Å². The van der Waals surface area contributed by atoms with Gasteiger partial charge in [-0.1, -0.05) is 33.9 Å². The summed E-state index contributed by atoms with van der Waals surface area (Å²) in [5, 5.41) is 8.84. The Morgan fingerprint density at radius 2 is 1.92 bits per heavy atom. The van der Waals surface area contributed by atoms with Crippen LogP contribution < -0.4 is 5.32 Å². The zero-order chi connectivity index (χ0) is 10.3. The van der Waals surface area contributed by atoms with E-state index in [1.165, 1.54) is 5.32 Å². The van der Waals surface area contributed by atoms with E-state index in [-0.39, 0.29) is 0 Å². The van der Waals surface area contributed by atoms with Gasteiger partial charge in [-0.25, -0.2) is 0 Å². The number of nitrogens with zero attached hydrogens (tertiary/aromatic N) is 1. The predicted molar refractivity (Wildman–Crippen MR) is 63.1 cm³/mol. The predicted octanol–water partition coefficient (Wildman–Crippen LogP) is 2.89. The van der Waals surface area contributed by atoms with Crippen LogP contribution in [0.3, 0.4) is 0 Å². The van der Waals surface area contributed by atoms with Crippen molar-refractivity contribution in [1.82, 2.24) is 10.2 Å². The number of aromatic nitrogens is 2. The molecule has 0 bridgehead atoms. The monoisotopic (exact) mass is 260 g/mol. The summed E-state index contributed by atoms with van der Waals surface area (Å²) in [6, 6.07) is 0. The van der Waals surface area contributed by atoms with Crippen LogP contribution >= 0.6 is 15.9 Å². The van der Waals surface area contributed by atoms with Gasteiger partial charge in [0.25, 0.3) is 0 Å². The zero-order valence-electron chi connectivity index (χ0n) is 8.90. The highest BCUT2D eigenvalue weighted by atomic mass is 79.9. The second-order valence-electron chi connectivity index (χ2n) is 4.97. The lowest BCUT2D eigenvalue weighted by atomic mass is 10.2. The van der Waals surface area contributed by atoms with E-state index >= 15 is 0 Å². The van der Waals surface area contributed by atoms with E-state index in [4.69, 9.17) is 0 Å². The Balaban J connectivity index is 3.15. The number of H-pyrrole nitrogens is 1. The lowest BCUT2D eigenvalue weighted by Crippen LogP contribution is -2.50. The highest BCUT2D eigenvalue weighted by molar-refractivity contribution is 9.10. The summed E-state index contributed by atoms with van der Waals surface area (Å²) in [6.45, 7) is 11.6. The summed E-state index contributed by atoms with van der Waals surface area (Å²) in [7, 11) is -1.44. The fourth-order valence-corrected chi connectivity index (χ4v) is 4.52. The standard InChI is InChI=1S/C9H17BrN2Si/c1-9(2,3)13(4,5)8-7(10)6-11-12-8/h6H,1-5H3,(H,11,12). The maximum absolute atomic E-state index is 4.06. The van der Waals surface area contributed by atoms with Gasteiger partial charge in [-0.2, -0.15) is 5.10 Å². The molecule has 1 rings (SSSR count). The highest BCUT2D eigenvalue weighted by Gasteiger charge is 2.39. The molecule has 0 saturated heterocycles. The van der Waals surface area contributed by atoms with Gasteiger partial charge in [0.1, 0.15) is 8.07 Å². The topological polar surface area (TPSA) is 28.7 Å². The molecule has 0 radical (unpaired) electrons. The molecule has 1 N–H and O–H groups in total. The van der Waals surface area contributed by atoms with Gasteiger partial charge in [-0.15, -0.1) is 0 Å². The van der Waals surface area contributed by atoms with Crippen molar-refractivity contribution in [2.24, 2.45) is 0 Å². The molecule has 0 unspecified atom stereocenters. The average Bonchev–Trinajstić information content (AvgIpc) is 2.32. The summed E-state index contributed by atoms with van der Waals surface area (Å²) < 4.78 is 1.12. The number of rotatable bonds is 1. The number of nitrogens with one attached hydrogen (secondary N) is 1. The van der Waals surface area contributed by atoms with Crippen LogP contribution in [0, 0.1) is 0 Å². The van der Waals surface area contributed by atoms with Crippen molar-refractivity contribution in [2.75, 3.05) is 0 Å². The molecule has 0 aliphatic carbocycles. The molecule has 0 aliphatic heterocycles. The van der Waals surface area contributed by atoms with E-state index in [0.29, 0.717) is 5.04 Å². The van der Waals surface area contributed by atoms with E-state index in [0.717, 1.165) is 4.47 Å². The van der Waals surface area contributed by atoms with Gasteiger partial charge in [-0.3, -0.25) is 5.10 Å². The van der Waals surface area contributed by atoms with Crippen LogP contribution in [0.4, 0.5) is 0 Å². The fourth-order valence-electron chi connectivity index (χ4n) is 1.08. The van der Waals surface area contributed by atoms with Crippen LogP contribution in [0.5, 0.6) is 0 Å². The molecule has 1 aromatic heterocycles. The van der Waals surface area contributed by atoms with Gasteiger partial charge in [0, 0.05) is 5.32 Å². The molecule has 13 heavy (non-hydrogen) atoms. The van der Waals surface area contributed by atoms with Crippen LogP contribution in [0.1, 0.15) is 20.8 Å². The molecule has 0 aliphatic rings. The molecule has 0 fully saturated rings. The molecule has 0 saturated carbocycles. The summed E-state index contributed by atoms with van der Waals surface area (Å²) in [5.74, 6) is 0. The molecule has 0 amide bonds. The van der Waals surface area contributed by atoms with E-state index in [2.05, 4.69) is 60.0 Å². The summed E-state index contributed by atoms with van der Waals surface area (Å²) >= 11 is 3.54. The molecule has 1 heterocycles. The van der Waals surface area contributed by atoms with Crippen molar-refractivity contribution in [1.29, 1.82) is 0 Å². The summed E-state index contributed by atoms with van der Waals surface area (Å²) in [5.41, 5.74) is 0. The molecule has 2 nitrogen and oxygen atoms in total. The lowest BCUT2D eigenvalue weighted by molar-refractivity contribution is 0.727. The van der Waals surface area contributed by atoms with Crippen LogP contribution in [0.2, 0.25) is 18.1 Å². The van der Waals surface area contributed by atoms with Crippen molar-refractivity contribution in [3.05, 3.63) is 10.7 Å². The number of aromatic amines is 1. The third kappa shape index (κ3) is 1.88. The van der Waals surface area contributed by atoms with Crippen molar-refractivity contribution >= 4 is 29.3 Å². The van der Waals surface area contributed by atoms with Crippen LogP contribution in [0.25, 0.3) is 0 Å². The number of halogens is 1. The maximum Gasteiger partial charge on any atom is 0.110 e. The van der Waals surface area contributed by atoms with Crippen LogP contribution in [0.15, 0.2) is 10.7 Å². The molecule has 0 atom stereocenters.